The molecule has 1 spiro atoms. The largest absolute Gasteiger partial charge is 0.347 e. The minimum Gasteiger partial charge on any atom is -0.347 e. The third kappa shape index (κ3) is 9.08. The van der Waals surface area contributed by atoms with Crippen LogP contribution in [0.5, 0.6) is 0 Å². The van der Waals surface area contributed by atoms with Crippen molar-refractivity contribution in [3.8, 4) is 0 Å². The predicted molar refractivity (Wildman–Crippen MR) is 186 cm³/mol. The molecule has 50 heavy (non-hydrogen) atoms. The molecular formula is C37H45ClFN5O6. The minimum absolute atomic E-state index is 0.0278. The highest BCUT2D eigenvalue weighted by Gasteiger charge is 2.54. The Bertz CT molecular complexity index is 1660. The summed E-state index contributed by atoms with van der Waals surface area (Å²) in [5.74, 6) is -3.33. The Morgan fingerprint density at radius 2 is 1.80 bits per heavy atom. The Morgan fingerprint density at radius 3 is 2.44 bits per heavy atom. The average Bonchev–Trinajstić information content (AvgIpc) is 3.66. The van der Waals surface area contributed by atoms with Crippen molar-refractivity contribution in [3.05, 3.63) is 76.6 Å². The number of hydrogen-bond donors (Lipinski definition) is 4. The number of aryl methyl sites for hydroxylation is 1. The van der Waals surface area contributed by atoms with Gasteiger partial charge in [-0.2, -0.15) is 0 Å². The molecule has 4 amide bonds. The number of benzene rings is 2. The number of nitrogens with one attached hydrogen (secondary N) is 4. The van der Waals surface area contributed by atoms with Crippen LogP contribution in [0.4, 0.5) is 4.39 Å². The van der Waals surface area contributed by atoms with Crippen molar-refractivity contribution >= 4 is 46.7 Å². The van der Waals surface area contributed by atoms with Crippen LogP contribution in [-0.4, -0.2) is 70.6 Å². The molecule has 4 N–H and O–H groups in total. The monoisotopic (exact) mass is 709 g/mol. The molecule has 2 fully saturated rings. The van der Waals surface area contributed by atoms with E-state index in [0.717, 1.165) is 24.0 Å². The van der Waals surface area contributed by atoms with Crippen molar-refractivity contribution in [2.45, 2.75) is 102 Å². The Hall–Kier alpha value is -4.29. The summed E-state index contributed by atoms with van der Waals surface area (Å²) in [6, 6.07) is 9.77. The fraction of sp³-hybridized carbons (Fsp3) is 0.486. The standard InChI is InChI=1S/C37H45ClFN5O6/c1-5-7-27(31(46)34(48)40-26-15-16-26)41-33(47)29-20-37(19-28(43-50-37)23-8-6-9-24(38)18-23)21-44(29)35(49)32(36(2,3)4)42-30(45)17-12-22-10-13-25(39)14-11-22/h6,8-11,13-14,18-19,26-27,29,32,43H,5,7,12,15-17,20-21H2,1-4H3,(H,40,48)(H,41,47)(H,42,45)/t27-,29-,32+,37+/m0/s1. The lowest BCUT2D eigenvalue weighted by atomic mass is 9.85. The van der Waals surface area contributed by atoms with Gasteiger partial charge in [-0.15, -0.1) is 0 Å². The molecular weight excluding hydrogens is 665 g/mol. The number of carbonyl (C=O) groups is 5. The molecule has 1 saturated heterocycles. The van der Waals surface area contributed by atoms with Crippen molar-refractivity contribution in [2.24, 2.45) is 5.41 Å². The molecule has 4 atom stereocenters. The van der Waals surface area contributed by atoms with Gasteiger partial charge in [0, 0.05) is 29.5 Å². The minimum atomic E-state index is -1.13. The fourth-order valence-corrected chi connectivity index (χ4v) is 6.44. The maximum Gasteiger partial charge on any atom is 0.289 e. The van der Waals surface area contributed by atoms with E-state index in [1.807, 2.05) is 39.8 Å². The summed E-state index contributed by atoms with van der Waals surface area (Å²) >= 11 is 6.23. The summed E-state index contributed by atoms with van der Waals surface area (Å²) in [6.45, 7) is 7.26. The van der Waals surface area contributed by atoms with Gasteiger partial charge in [0.1, 0.15) is 23.5 Å². The number of halogens is 2. The highest BCUT2D eigenvalue weighted by molar-refractivity contribution is 6.38. The van der Waals surface area contributed by atoms with Gasteiger partial charge in [0.25, 0.3) is 5.91 Å². The van der Waals surface area contributed by atoms with Gasteiger partial charge in [-0.05, 0) is 67.0 Å². The Kier molecular flexibility index (Phi) is 11.3. The molecule has 0 radical (unpaired) electrons. The van der Waals surface area contributed by atoms with Gasteiger partial charge in [0.15, 0.2) is 0 Å². The maximum absolute atomic E-state index is 14.5. The van der Waals surface area contributed by atoms with Crippen molar-refractivity contribution in [3.63, 3.8) is 0 Å². The van der Waals surface area contributed by atoms with Crippen LogP contribution in [0.25, 0.3) is 5.70 Å². The molecule has 268 valence electrons. The number of Topliss-reactive ketones (excluding diaryl/α,β-unsaturated/α-hetero) is 1. The maximum atomic E-state index is 14.5. The van der Waals surface area contributed by atoms with Crippen molar-refractivity contribution in [1.29, 1.82) is 0 Å². The molecule has 1 aliphatic carbocycles. The van der Waals surface area contributed by atoms with E-state index in [4.69, 9.17) is 16.4 Å². The predicted octanol–water partition coefficient (Wildman–Crippen LogP) is 3.99. The number of likely N-dealkylation sites (tertiary alicyclic amines) is 1. The second-order valence-electron chi connectivity index (χ2n) is 14.5. The highest BCUT2D eigenvalue weighted by atomic mass is 35.5. The summed E-state index contributed by atoms with van der Waals surface area (Å²) in [5.41, 5.74) is 3.16. The normalized spacial score (nSPS) is 21.2. The van der Waals surface area contributed by atoms with Crippen LogP contribution >= 0.6 is 11.6 Å². The molecule has 5 rings (SSSR count). The molecule has 2 aromatic rings. The van der Waals surface area contributed by atoms with Crippen LogP contribution in [0.2, 0.25) is 5.02 Å². The van der Waals surface area contributed by atoms with Gasteiger partial charge in [0.2, 0.25) is 23.5 Å². The van der Waals surface area contributed by atoms with E-state index < -0.39 is 52.6 Å². The first-order valence-electron chi connectivity index (χ1n) is 17.1. The van der Waals surface area contributed by atoms with Crippen molar-refractivity contribution in [1.82, 2.24) is 26.3 Å². The van der Waals surface area contributed by atoms with Crippen LogP contribution in [0.15, 0.2) is 54.6 Å². The second-order valence-corrected chi connectivity index (χ2v) is 14.9. The summed E-state index contributed by atoms with van der Waals surface area (Å²) in [6.07, 6.45) is 4.63. The van der Waals surface area contributed by atoms with Crippen LogP contribution < -0.4 is 21.4 Å². The van der Waals surface area contributed by atoms with Crippen LogP contribution in [0.1, 0.15) is 77.3 Å². The topological polar surface area (TPSA) is 146 Å². The van der Waals surface area contributed by atoms with E-state index >= 15 is 0 Å². The number of amides is 4. The third-order valence-corrected chi connectivity index (χ3v) is 9.40. The number of nitrogens with zero attached hydrogens (tertiary/aromatic N) is 1. The average molecular weight is 710 g/mol. The fourth-order valence-electron chi connectivity index (χ4n) is 6.25. The van der Waals surface area contributed by atoms with Crippen LogP contribution in [-0.2, 0) is 35.2 Å². The molecule has 2 aromatic carbocycles. The van der Waals surface area contributed by atoms with E-state index in [1.165, 1.54) is 17.0 Å². The zero-order chi connectivity index (χ0) is 36.2. The van der Waals surface area contributed by atoms with Crippen LogP contribution in [0, 0.1) is 11.2 Å². The Morgan fingerprint density at radius 1 is 1.08 bits per heavy atom. The van der Waals surface area contributed by atoms with Crippen LogP contribution in [0.3, 0.4) is 0 Å². The third-order valence-electron chi connectivity index (χ3n) is 9.17. The summed E-state index contributed by atoms with van der Waals surface area (Å²) < 4.78 is 13.4. The Labute approximate surface area is 296 Å². The number of carbonyl (C=O) groups excluding carboxylic acids is 5. The van der Waals surface area contributed by atoms with E-state index in [-0.39, 0.29) is 43.6 Å². The zero-order valence-corrected chi connectivity index (χ0v) is 29.6. The number of hydrogen-bond acceptors (Lipinski definition) is 7. The first-order chi connectivity index (χ1) is 23.7. The zero-order valence-electron chi connectivity index (χ0n) is 28.8. The smallest absolute Gasteiger partial charge is 0.289 e. The molecule has 1 saturated carbocycles. The van der Waals surface area contributed by atoms with Gasteiger partial charge in [-0.1, -0.05) is 70.0 Å². The summed E-state index contributed by atoms with van der Waals surface area (Å²) in [5, 5.41) is 8.86. The lowest BCUT2D eigenvalue weighted by Gasteiger charge is -2.35. The molecule has 0 unspecified atom stereocenters. The molecule has 0 aromatic heterocycles. The van der Waals surface area contributed by atoms with E-state index in [2.05, 4.69) is 21.4 Å². The van der Waals surface area contributed by atoms with Gasteiger partial charge in [-0.3, -0.25) is 34.3 Å². The Balaban J connectivity index is 1.40. The van der Waals surface area contributed by atoms with Crippen molar-refractivity contribution in [2.75, 3.05) is 6.54 Å². The first-order valence-corrected chi connectivity index (χ1v) is 17.5. The number of rotatable bonds is 13. The summed E-state index contributed by atoms with van der Waals surface area (Å²) in [7, 11) is 0. The molecule has 0 bridgehead atoms. The van der Waals surface area contributed by atoms with E-state index in [1.54, 1.807) is 30.3 Å². The molecule has 2 aliphatic heterocycles. The van der Waals surface area contributed by atoms with Gasteiger partial charge in [-0.25, -0.2) is 4.39 Å². The SMILES string of the molecule is CCC[C@H](NC(=O)[C@@H]1C[C@]2(C=C(c3cccc(Cl)c3)NO2)CN1C(=O)[C@@H](NC(=O)CCc1ccc(F)cc1)C(C)(C)C)C(=O)C(=O)NC1CC1. The first kappa shape index (κ1) is 37.0. The number of hydroxylamine groups is 1. The van der Waals surface area contributed by atoms with E-state index in [0.29, 0.717) is 23.6 Å². The van der Waals surface area contributed by atoms with Crippen molar-refractivity contribution < 1.29 is 33.2 Å². The molecule has 2 heterocycles. The second kappa shape index (κ2) is 15.3. The molecule has 13 heteroatoms. The van der Waals surface area contributed by atoms with Gasteiger partial charge < -0.3 is 20.9 Å². The van der Waals surface area contributed by atoms with Gasteiger partial charge in [0.05, 0.1) is 18.3 Å². The lowest BCUT2D eigenvalue weighted by molar-refractivity contribution is -0.145. The molecule has 11 nitrogen and oxygen atoms in total. The van der Waals surface area contributed by atoms with E-state index in [9.17, 15) is 28.4 Å². The summed E-state index contributed by atoms with van der Waals surface area (Å²) in [4.78, 5) is 75.1. The highest BCUT2D eigenvalue weighted by Crippen LogP contribution is 2.39. The molecule has 3 aliphatic rings. The van der Waals surface area contributed by atoms with Gasteiger partial charge >= 0.3 is 0 Å². The number of ketones is 1. The quantitative estimate of drug-likeness (QED) is 0.230. The lowest BCUT2D eigenvalue weighted by Crippen LogP contribution is -2.59.